The smallest absolute Gasteiger partial charge is 0.352 e. The summed E-state index contributed by atoms with van der Waals surface area (Å²) < 4.78 is 20.9. The summed E-state index contributed by atoms with van der Waals surface area (Å²) in [4.78, 5) is 37.0. The third-order valence-corrected chi connectivity index (χ3v) is 4.64. The number of aromatic nitrogens is 3. The minimum Gasteiger partial charge on any atom is -0.476 e. The zero-order valence-corrected chi connectivity index (χ0v) is 17.3. The third-order valence-electron chi connectivity index (χ3n) is 4.07. The van der Waals surface area contributed by atoms with Crippen LogP contribution in [0, 0.1) is 5.82 Å². The number of nitrogens with zero attached hydrogens (tertiary/aromatic N) is 3. The van der Waals surface area contributed by atoms with Gasteiger partial charge in [0.2, 0.25) is 5.91 Å². The highest BCUT2D eigenvalue weighted by molar-refractivity contribution is 6.33. The number of halogens is 3. The second-order valence-electron chi connectivity index (χ2n) is 6.18. The maximum Gasteiger partial charge on any atom is 0.352 e. The van der Waals surface area contributed by atoms with Crippen molar-refractivity contribution in [2.24, 2.45) is 0 Å². The normalized spacial score (nSPS) is 10.7. The van der Waals surface area contributed by atoms with Crippen molar-refractivity contribution in [3.05, 3.63) is 78.7 Å². The average Bonchev–Trinajstić information content (AvgIpc) is 2.68. The van der Waals surface area contributed by atoms with E-state index in [4.69, 9.17) is 27.9 Å². The molecular formula is C19H15Cl2FN4O4. The molecule has 1 heterocycles. The van der Waals surface area contributed by atoms with E-state index >= 15 is 0 Å². The molecule has 1 N–H and O–H groups in total. The lowest BCUT2D eigenvalue weighted by Gasteiger charge is -2.13. The van der Waals surface area contributed by atoms with E-state index in [0.29, 0.717) is 0 Å². The fourth-order valence-electron chi connectivity index (χ4n) is 2.68. The first-order valence-corrected chi connectivity index (χ1v) is 9.26. The second kappa shape index (κ2) is 8.68. The highest BCUT2D eigenvalue weighted by Crippen LogP contribution is 2.24. The van der Waals surface area contributed by atoms with Crippen molar-refractivity contribution in [2.75, 3.05) is 12.4 Å². The molecule has 0 radical (unpaired) electrons. The lowest BCUT2D eigenvalue weighted by atomic mass is 10.2. The largest absolute Gasteiger partial charge is 0.476 e. The monoisotopic (exact) mass is 452 g/mol. The highest BCUT2D eigenvalue weighted by Gasteiger charge is 2.17. The van der Waals surface area contributed by atoms with Crippen molar-refractivity contribution in [3.63, 3.8) is 0 Å². The van der Waals surface area contributed by atoms with E-state index in [0.717, 1.165) is 15.3 Å². The van der Waals surface area contributed by atoms with E-state index in [2.05, 4.69) is 10.4 Å². The number of nitrogens with one attached hydrogen (secondary N) is 1. The van der Waals surface area contributed by atoms with Crippen LogP contribution < -0.4 is 21.3 Å². The van der Waals surface area contributed by atoms with Crippen molar-refractivity contribution in [1.82, 2.24) is 14.3 Å². The molecular weight excluding hydrogens is 438 g/mol. The van der Waals surface area contributed by atoms with E-state index in [1.54, 1.807) is 0 Å². The maximum atomic E-state index is 14.2. The molecule has 0 unspecified atom stereocenters. The fourth-order valence-corrected chi connectivity index (χ4v) is 3.00. The number of amides is 1. The van der Waals surface area contributed by atoms with Crippen LogP contribution in [0.5, 0.6) is 5.88 Å². The summed E-state index contributed by atoms with van der Waals surface area (Å²) >= 11 is 11.8. The van der Waals surface area contributed by atoms with Gasteiger partial charge < -0.3 is 10.1 Å². The van der Waals surface area contributed by atoms with E-state index < -0.39 is 17.1 Å². The first kappa shape index (κ1) is 21.5. The molecule has 0 aliphatic rings. The van der Waals surface area contributed by atoms with Gasteiger partial charge in [-0.1, -0.05) is 29.3 Å². The Kier molecular flexibility index (Phi) is 6.23. The Morgan fingerprint density at radius 2 is 1.93 bits per heavy atom. The van der Waals surface area contributed by atoms with Crippen LogP contribution in [-0.2, 0) is 11.3 Å². The summed E-state index contributed by atoms with van der Waals surface area (Å²) in [6.07, 6.45) is 0. The van der Waals surface area contributed by atoms with Crippen LogP contribution in [0.3, 0.4) is 0 Å². The first-order valence-electron chi connectivity index (χ1n) is 8.51. The molecule has 2 aromatic carbocycles. The second-order valence-corrected chi connectivity index (χ2v) is 7.02. The number of methoxy groups -OCH3 is 1. The predicted molar refractivity (Wildman–Crippen MR) is 110 cm³/mol. The van der Waals surface area contributed by atoms with E-state index in [9.17, 15) is 18.8 Å². The Bertz CT molecular complexity index is 1260. The van der Waals surface area contributed by atoms with Gasteiger partial charge in [-0.05, 0) is 30.3 Å². The van der Waals surface area contributed by atoms with Gasteiger partial charge >= 0.3 is 11.2 Å². The Morgan fingerprint density at radius 1 is 1.20 bits per heavy atom. The summed E-state index contributed by atoms with van der Waals surface area (Å²) in [5.41, 5.74) is -1.14. The van der Waals surface area contributed by atoms with Crippen molar-refractivity contribution < 1.29 is 13.9 Å². The predicted octanol–water partition coefficient (Wildman–Crippen LogP) is 2.86. The fraction of sp³-hybridized carbons (Fsp3) is 0.158. The Labute approximate surface area is 179 Å². The molecule has 3 aromatic rings. The number of hydrogen-bond donors (Lipinski definition) is 1. The third kappa shape index (κ3) is 4.37. The summed E-state index contributed by atoms with van der Waals surface area (Å²) in [5.74, 6) is -1.41. The number of hydrogen-bond acceptors (Lipinski definition) is 5. The van der Waals surface area contributed by atoms with Crippen LogP contribution in [0.15, 0.2) is 46.0 Å². The van der Waals surface area contributed by atoms with Gasteiger partial charge in [-0.15, -0.1) is 5.10 Å². The van der Waals surface area contributed by atoms with Gasteiger partial charge in [-0.2, -0.15) is 4.68 Å². The maximum absolute atomic E-state index is 14.2. The molecule has 1 amide bonds. The van der Waals surface area contributed by atoms with Crippen LogP contribution >= 0.6 is 23.2 Å². The van der Waals surface area contributed by atoms with Crippen molar-refractivity contribution in [1.29, 1.82) is 0 Å². The minimum absolute atomic E-state index is 0.0773. The molecule has 0 bridgehead atoms. The van der Waals surface area contributed by atoms with Gasteiger partial charge in [0.15, 0.2) is 0 Å². The average molecular weight is 453 g/mol. The molecule has 0 fully saturated rings. The van der Waals surface area contributed by atoms with Crippen molar-refractivity contribution in [2.45, 2.75) is 13.5 Å². The molecule has 1 aromatic heterocycles. The summed E-state index contributed by atoms with van der Waals surface area (Å²) in [6.45, 7) is 0.934. The number of ether oxygens (including phenoxy) is 1. The summed E-state index contributed by atoms with van der Waals surface area (Å²) in [7, 11) is 1.22. The quantitative estimate of drug-likeness (QED) is 0.641. The lowest BCUT2D eigenvalue weighted by molar-refractivity contribution is -0.114. The van der Waals surface area contributed by atoms with Crippen LogP contribution in [-0.4, -0.2) is 27.4 Å². The Balaban J connectivity index is 2.18. The number of benzene rings is 2. The molecule has 3 rings (SSSR count). The van der Waals surface area contributed by atoms with Crippen molar-refractivity contribution >= 4 is 34.8 Å². The SMILES string of the molecule is COc1nn(-c2ccc(Cl)c(NC(C)=O)c2)c(=O)n(Cc2ccc(Cl)cc2F)c1=O. The van der Waals surface area contributed by atoms with Gasteiger partial charge in [-0.3, -0.25) is 9.59 Å². The standard InChI is InChI=1S/C19H15Cl2FN4O4/c1-10(27)23-16-8-13(5-6-14(16)21)26-19(29)25(18(28)17(24-26)30-2)9-11-3-4-12(20)7-15(11)22/h3-8H,9H2,1-2H3,(H,23,27). The van der Waals surface area contributed by atoms with Crippen LogP contribution in [0.25, 0.3) is 5.69 Å². The van der Waals surface area contributed by atoms with Crippen molar-refractivity contribution in [3.8, 4) is 11.6 Å². The van der Waals surface area contributed by atoms with E-state index in [-0.39, 0.29) is 45.3 Å². The molecule has 0 spiro atoms. The summed E-state index contributed by atoms with van der Waals surface area (Å²) in [5, 5.41) is 6.88. The number of carbonyl (C=O) groups excluding carboxylic acids is 1. The minimum atomic E-state index is -0.841. The zero-order valence-electron chi connectivity index (χ0n) is 15.8. The number of carbonyl (C=O) groups is 1. The molecule has 8 nitrogen and oxygen atoms in total. The lowest BCUT2D eigenvalue weighted by Crippen LogP contribution is -2.41. The molecule has 30 heavy (non-hydrogen) atoms. The van der Waals surface area contributed by atoms with Gasteiger partial charge in [0.05, 0.1) is 30.1 Å². The summed E-state index contributed by atoms with van der Waals surface area (Å²) in [6, 6.07) is 8.24. The number of anilines is 1. The zero-order chi connectivity index (χ0) is 22.0. The highest BCUT2D eigenvalue weighted by atomic mass is 35.5. The van der Waals surface area contributed by atoms with Gasteiger partial charge in [0, 0.05) is 17.5 Å². The molecule has 0 aliphatic carbocycles. The Hall–Kier alpha value is -3.17. The molecule has 0 saturated carbocycles. The van der Waals surface area contributed by atoms with Gasteiger partial charge in [0.25, 0.3) is 5.88 Å². The van der Waals surface area contributed by atoms with Crippen LogP contribution in [0.1, 0.15) is 12.5 Å². The number of rotatable bonds is 5. The van der Waals surface area contributed by atoms with Gasteiger partial charge in [0.1, 0.15) is 5.82 Å². The molecule has 0 aliphatic heterocycles. The first-order chi connectivity index (χ1) is 14.2. The molecule has 0 saturated heterocycles. The molecule has 11 heteroatoms. The molecule has 0 atom stereocenters. The Morgan fingerprint density at radius 3 is 2.57 bits per heavy atom. The van der Waals surface area contributed by atoms with E-state index in [1.807, 2.05) is 0 Å². The topological polar surface area (TPSA) is 95.2 Å². The van der Waals surface area contributed by atoms with E-state index in [1.165, 1.54) is 44.4 Å². The van der Waals surface area contributed by atoms with Gasteiger partial charge in [-0.25, -0.2) is 13.8 Å². The molecule has 156 valence electrons. The van der Waals surface area contributed by atoms with Crippen LogP contribution in [0.4, 0.5) is 10.1 Å². The van der Waals surface area contributed by atoms with Crippen LogP contribution in [0.2, 0.25) is 10.0 Å².